The molecule has 0 aromatic carbocycles. The summed E-state index contributed by atoms with van der Waals surface area (Å²) in [6, 6.07) is -0.0925. The molecule has 0 bridgehead atoms. The molecule has 1 saturated carbocycles. The molecular formula is C12H24N2O2S. The van der Waals surface area contributed by atoms with Crippen LogP contribution in [0.4, 0.5) is 0 Å². The number of nitrogens with two attached hydrogens (primary N) is 1. The van der Waals surface area contributed by atoms with Crippen LogP contribution in [-0.2, 0) is 10.0 Å². The third-order valence-corrected chi connectivity index (χ3v) is 4.83. The van der Waals surface area contributed by atoms with Gasteiger partial charge in [-0.2, -0.15) is 0 Å². The lowest BCUT2D eigenvalue weighted by Gasteiger charge is -2.29. The summed E-state index contributed by atoms with van der Waals surface area (Å²) >= 11 is 0. The standard InChI is InChI=1S/C12H24N2O2S/c1-2-3-9-17(15,16)14-12(10-13)11-7-5-4-6-8-11/h2,11-12,14H,1,3-10,13H2/t12-/m1/s1. The van der Waals surface area contributed by atoms with Crippen molar-refractivity contribution in [3.63, 3.8) is 0 Å². The quantitative estimate of drug-likeness (QED) is 0.679. The first kappa shape index (κ1) is 14.7. The molecule has 0 saturated heterocycles. The number of rotatable bonds is 7. The first-order valence-electron chi connectivity index (χ1n) is 6.40. The normalized spacial score (nSPS) is 20.1. The molecule has 0 aliphatic heterocycles. The lowest BCUT2D eigenvalue weighted by molar-refractivity contribution is 0.294. The molecule has 5 heteroatoms. The molecule has 1 atom stereocenters. The summed E-state index contributed by atoms with van der Waals surface area (Å²) in [7, 11) is -3.21. The molecule has 0 amide bonds. The van der Waals surface area contributed by atoms with Crippen molar-refractivity contribution in [3.8, 4) is 0 Å². The third-order valence-electron chi connectivity index (χ3n) is 3.39. The van der Waals surface area contributed by atoms with Gasteiger partial charge in [0.2, 0.25) is 10.0 Å². The van der Waals surface area contributed by atoms with Crippen molar-refractivity contribution >= 4 is 10.0 Å². The van der Waals surface area contributed by atoms with E-state index < -0.39 is 10.0 Å². The van der Waals surface area contributed by atoms with Crippen LogP contribution in [-0.4, -0.2) is 26.8 Å². The van der Waals surface area contributed by atoms with Crippen LogP contribution in [0.25, 0.3) is 0 Å². The smallest absolute Gasteiger partial charge is 0.212 e. The van der Waals surface area contributed by atoms with E-state index in [0.717, 1.165) is 12.8 Å². The van der Waals surface area contributed by atoms with Crippen LogP contribution in [0.15, 0.2) is 12.7 Å². The van der Waals surface area contributed by atoms with Crippen LogP contribution < -0.4 is 10.5 Å². The van der Waals surface area contributed by atoms with Gasteiger partial charge in [-0.05, 0) is 25.2 Å². The van der Waals surface area contributed by atoms with E-state index in [1.807, 2.05) is 0 Å². The monoisotopic (exact) mass is 260 g/mol. The molecular weight excluding hydrogens is 236 g/mol. The number of nitrogens with one attached hydrogen (secondary N) is 1. The summed E-state index contributed by atoms with van der Waals surface area (Å²) in [6.45, 7) is 3.92. The SMILES string of the molecule is C=CCCS(=O)(=O)N[C@H](CN)C1CCCCC1. The highest BCUT2D eigenvalue weighted by Gasteiger charge is 2.25. The Morgan fingerprint density at radius 2 is 2.00 bits per heavy atom. The lowest BCUT2D eigenvalue weighted by Crippen LogP contribution is -2.46. The minimum absolute atomic E-state index is 0.0925. The fraction of sp³-hybridized carbons (Fsp3) is 0.833. The molecule has 0 unspecified atom stereocenters. The van der Waals surface area contributed by atoms with Gasteiger partial charge in [0.05, 0.1) is 5.75 Å². The number of hydrogen-bond donors (Lipinski definition) is 2. The van der Waals surface area contributed by atoms with E-state index in [0.29, 0.717) is 18.9 Å². The molecule has 4 nitrogen and oxygen atoms in total. The van der Waals surface area contributed by atoms with Crippen LogP contribution in [0.2, 0.25) is 0 Å². The second-order valence-electron chi connectivity index (χ2n) is 4.75. The zero-order valence-electron chi connectivity index (χ0n) is 10.4. The fourth-order valence-electron chi connectivity index (χ4n) is 2.40. The van der Waals surface area contributed by atoms with Gasteiger partial charge < -0.3 is 5.73 Å². The fourth-order valence-corrected chi connectivity index (χ4v) is 3.75. The van der Waals surface area contributed by atoms with E-state index >= 15 is 0 Å². The Morgan fingerprint density at radius 1 is 1.35 bits per heavy atom. The predicted molar refractivity (Wildman–Crippen MR) is 71.2 cm³/mol. The second-order valence-corrected chi connectivity index (χ2v) is 6.63. The summed E-state index contributed by atoms with van der Waals surface area (Å²) in [5, 5.41) is 0. The molecule has 17 heavy (non-hydrogen) atoms. The molecule has 0 aromatic heterocycles. The van der Waals surface area contributed by atoms with Gasteiger partial charge in [-0.3, -0.25) is 0 Å². The summed E-state index contributed by atoms with van der Waals surface area (Å²) in [5.74, 6) is 0.520. The Kier molecular flexibility index (Phi) is 6.16. The van der Waals surface area contributed by atoms with E-state index in [-0.39, 0.29) is 11.8 Å². The van der Waals surface area contributed by atoms with Gasteiger partial charge in [0.25, 0.3) is 0 Å². The van der Waals surface area contributed by atoms with Crippen molar-refractivity contribution in [2.24, 2.45) is 11.7 Å². The Labute approximate surface area is 105 Å². The maximum Gasteiger partial charge on any atom is 0.212 e. The largest absolute Gasteiger partial charge is 0.329 e. The zero-order chi connectivity index (χ0) is 12.7. The average molecular weight is 260 g/mol. The zero-order valence-corrected chi connectivity index (χ0v) is 11.2. The summed E-state index contributed by atoms with van der Waals surface area (Å²) in [4.78, 5) is 0. The molecule has 0 radical (unpaired) electrons. The predicted octanol–water partition coefficient (Wildman–Crippen LogP) is 1.39. The van der Waals surface area contributed by atoms with Gasteiger partial charge in [0, 0.05) is 12.6 Å². The lowest BCUT2D eigenvalue weighted by atomic mass is 9.84. The van der Waals surface area contributed by atoms with E-state index in [1.54, 1.807) is 6.08 Å². The van der Waals surface area contributed by atoms with Crippen LogP contribution in [0, 0.1) is 5.92 Å². The molecule has 0 heterocycles. The van der Waals surface area contributed by atoms with Crippen LogP contribution in [0.5, 0.6) is 0 Å². The first-order chi connectivity index (χ1) is 8.09. The van der Waals surface area contributed by atoms with Crippen molar-refractivity contribution in [2.75, 3.05) is 12.3 Å². The van der Waals surface area contributed by atoms with Gasteiger partial charge in [-0.25, -0.2) is 13.1 Å². The highest BCUT2D eigenvalue weighted by molar-refractivity contribution is 7.89. The van der Waals surface area contributed by atoms with Gasteiger partial charge in [-0.15, -0.1) is 6.58 Å². The molecule has 1 aliphatic carbocycles. The molecule has 3 N–H and O–H groups in total. The first-order valence-corrected chi connectivity index (χ1v) is 8.05. The molecule has 0 aromatic rings. The number of allylic oxidation sites excluding steroid dienone is 1. The van der Waals surface area contributed by atoms with Gasteiger partial charge >= 0.3 is 0 Å². The van der Waals surface area contributed by atoms with Crippen LogP contribution in [0.3, 0.4) is 0 Å². The van der Waals surface area contributed by atoms with Gasteiger partial charge in [0.1, 0.15) is 0 Å². The molecule has 100 valence electrons. The maximum absolute atomic E-state index is 11.8. The van der Waals surface area contributed by atoms with Crippen LogP contribution >= 0.6 is 0 Å². The highest BCUT2D eigenvalue weighted by Crippen LogP contribution is 2.26. The highest BCUT2D eigenvalue weighted by atomic mass is 32.2. The minimum Gasteiger partial charge on any atom is -0.329 e. The Bertz CT molecular complexity index is 321. The Morgan fingerprint density at radius 3 is 2.53 bits per heavy atom. The maximum atomic E-state index is 11.8. The Hall–Kier alpha value is -0.390. The van der Waals surface area contributed by atoms with E-state index in [2.05, 4.69) is 11.3 Å². The second kappa shape index (κ2) is 7.13. The summed E-state index contributed by atoms with van der Waals surface area (Å²) in [5.41, 5.74) is 5.69. The van der Waals surface area contributed by atoms with Crippen molar-refractivity contribution in [2.45, 2.75) is 44.6 Å². The van der Waals surface area contributed by atoms with Crippen molar-refractivity contribution in [1.82, 2.24) is 4.72 Å². The molecule has 1 aliphatic rings. The minimum atomic E-state index is -3.21. The number of sulfonamides is 1. The van der Waals surface area contributed by atoms with Crippen molar-refractivity contribution in [3.05, 3.63) is 12.7 Å². The van der Waals surface area contributed by atoms with Gasteiger partial charge in [0.15, 0.2) is 0 Å². The van der Waals surface area contributed by atoms with E-state index in [9.17, 15) is 8.42 Å². The molecule has 1 rings (SSSR count). The average Bonchev–Trinajstić information content (AvgIpc) is 2.35. The topological polar surface area (TPSA) is 72.2 Å². The van der Waals surface area contributed by atoms with Crippen LogP contribution in [0.1, 0.15) is 38.5 Å². The third kappa shape index (κ3) is 5.19. The van der Waals surface area contributed by atoms with Crippen molar-refractivity contribution < 1.29 is 8.42 Å². The summed E-state index contributed by atoms with van der Waals surface area (Å²) < 4.78 is 26.3. The van der Waals surface area contributed by atoms with Gasteiger partial charge in [-0.1, -0.05) is 25.3 Å². The molecule has 1 fully saturated rings. The van der Waals surface area contributed by atoms with Crippen molar-refractivity contribution in [1.29, 1.82) is 0 Å². The van der Waals surface area contributed by atoms with E-state index in [1.165, 1.54) is 19.3 Å². The summed E-state index contributed by atoms with van der Waals surface area (Å²) in [6.07, 6.45) is 7.92. The molecule has 0 spiro atoms. The number of hydrogen-bond acceptors (Lipinski definition) is 3. The van der Waals surface area contributed by atoms with E-state index in [4.69, 9.17) is 5.73 Å². The Balaban J connectivity index is 2.52.